The summed E-state index contributed by atoms with van der Waals surface area (Å²) in [6.07, 6.45) is -4.52. The second kappa shape index (κ2) is 4.31. The molecule has 0 aliphatic heterocycles. The second-order valence-electron chi connectivity index (χ2n) is 3.05. The maximum absolute atomic E-state index is 12.3. The van der Waals surface area contributed by atoms with Crippen LogP contribution in [0.2, 0.25) is 5.02 Å². The van der Waals surface area contributed by atoms with E-state index in [9.17, 15) is 18.0 Å². The summed E-state index contributed by atoms with van der Waals surface area (Å²) in [5.74, 6) is -1.36. The summed E-state index contributed by atoms with van der Waals surface area (Å²) < 4.78 is 36.8. The predicted octanol–water partition coefficient (Wildman–Crippen LogP) is 2.44. The first kappa shape index (κ1) is 12.8. The number of aliphatic carboxylic acids is 1. The Hall–Kier alpha value is -1.27. The fourth-order valence-electron chi connectivity index (χ4n) is 1.09. The molecule has 1 aromatic carbocycles. The number of carbonyl (C=O) groups is 1. The van der Waals surface area contributed by atoms with E-state index < -0.39 is 23.8 Å². The average Bonchev–Trinajstić information content (AvgIpc) is 2.15. The average molecular weight is 254 g/mol. The van der Waals surface area contributed by atoms with Crippen molar-refractivity contribution >= 4 is 17.6 Å². The van der Waals surface area contributed by atoms with Crippen LogP contribution in [0, 0.1) is 0 Å². The lowest BCUT2D eigenvalue weighted by Gasteiger charge is -2.12. The highest BCUT2D eigenvalue weighted by Crippen LogP contribution is 2.33. The first-order valence-electron chi connectivity index (χ1n) is 4.08. The molecule has 0 radical (unpaired) electrons. The molecule has 0 spiro atoms. The number of alkyl halides is 3. The van der Waals surface area contributed by atoms with Crippen LogP contribution in [0.15, 0.2) is 18.2 Å². The summed E-state index contributed by atoms with van der Waals surface area (Å²) in [5.41, 5.74) is 4.23. The van der Waals surface area contributed by atoms with Gasteiger partial charge in [-0.25, -0.2) is 0 Å². The highest BCUT2D eigenvalue weighted by Gasteiger charge is 2.31. The van der Waals surface area contributed by atoms with Gasteiger partial charge in [-0.05, 0) is 17.7 Å². The van der Waals surface area contributed by atoms with Gasteiger partial charge in [0.05, 0.1) is 5.56 Å². The maximum Gasteiger partial charge on any atom is 0.416 e. The molecule has 0 aliphatic rings. The van der Waals surface area contributed by atoms with Crippen LogP contribution >= 0.6 is 11.6 Å². The Morgan fingerprint density at radius 3 is 2.38 bits per heavy atom. The Morgan fingerprint density at radius 1 is 1.44 bits per heavy atom. The summed E-state index contributed by atoms with van der Waals surface area (Å²) in [7, 11) is 0. The molecule has 1 aromatic rings. The third-order valence-electron chi connectivity index (χ3n) is 1.93. The lowest BCUT2D eigenvalue weighted by Crippen LogP contribution is -2.21. The van der Waals surface area contributed by atoms with Gasteiger partial charge in [0.15, 0.2) is 0 Å². The molecule has 0 unspecified atom stereocenters. The molecule has 88 valence electrons. The molecule has 0 saturated carbocycles. The first-order chi connectivity index (χ1) is 7.23. The summed E-state index contributed by atoms with van der Waals surface area (Å²) >= 11 is 5.53. The number of benzene rings is 1. The molecule has 1 rings (SSSR count). The van der Waals surface area contributed by atoms with E-state index >= 15 is 0 Å². The van der Waals surface area contributed by atoms with Gasteiger partial charge in [0.2, 0.25) is 0 Å². The fraction of sp³-hybridized carbons (Fsp3) is 0.222. The molecule has 3 N–H and O–H groups in total. The molecule has 16 heavy (non-hydrogen) atoms. The summed E-state index contributed by atoms with van der Waals surface area (Å²) in [5, 5.41) is 8.27. The van der Waals surface area contributed by atoms with Crippen molar-refractivity contribution in [1.82, 2.24) is 0 Å². The third-order valence-corrected chi connectivity index (χ3v) is 2.26. The molecule has 0 fully saturated rings. The van der Waals surface area contributed by atoms with E-state index in [1.165, 1.54) is 0 Å². The number of carboxylic acid groups (broad SMARTS) is 1. The Kier molecular flexibility index (Phi) is 3.44. The molecule has 0 aromatic heterocycles. The van der Waals surface area contributed by atoms with Crippen molar-refractivity contribution in [3.63, 3.8) is 0 Å². The molecule has 0 amide bonds. The van der Waals surface area contributed by atoms with Gasteiger partial charge < -0.3 is 10.8 Å². The maximum atomic E-state index is 12.3. The van der Waals surface area contributed by atoms with Gasteiger partial charge in [-0.15, -0.1) is 0 Å². The fourth-order valence-corrected chi connectivity index (χ4v) is 1.39. The Bertz CT molecular complexity index is 420. The molecular formula is C9H7ClF3NO2. The highest BCUT2D eigenvalue weighted by molar-refractivity contribution is 6.31. The van der Waals surface area contributed by atoms with Gasteiger partial charge >= 0.3 is 12.1 Å². The van der Waals surface area contributed by atoms with E-state index in [0.717, 1.165) is 12.1 Å². The van der Waals surface area contributed by atoms with Crippen molar-refractivity contribution in [2.24, 2.45) is 5.73 Å². The van der Waals surface area contributed by atoms with Crippen molar-refractivity contribution in [2.75, 3.05) is 0 Å². The molecule has 1 atom stereocenters. The van der Waals surface area contributed by atoms with Crippen LogP contribution in [0.5, 0.6) is 0 Å². The number of hydrogen-bond acceptors (Lipinski definition) is 2. The van der Waals surface area contributed by atoms with Gasteiger partial charge in [-0.1, -0.05) is 17.7 Å². The highest BCUT2D eigenvalue weighted by atomic mass is 35.5. The molecule has 0 aliphatic carbocycles. The smallest absolute Gasteiger partial charge is 0.416 e. The van der Waals surface area contributed by atoms with E-state index in [4.69, 9.17) is 22.4 Å². The topological polar surface area (TPSA) is 63.3 Å². The zero-order chi connectivity index (χ0) is 12.5. The summed E-state index contributed by atoms with van der Waals surface area (Å²) in [6, 6.07) is 0.919. The largest absolute Gasteiger partial charge is 0.480 e. The van der Waals surface area contributed by atoms with Crippen LogP contribution in [0.25, 0.3) is 0 Å². The monoisotopic (exact) mass is 253 g/mol. The quantitative estimate of drug-likeness (QED) is 0.851. The van der Waals surface area contributed by atoms with Crippen LogP contribution in [-0.4, -0.2) is 11.1 Å². The lowest BCUT2D eigenvalue weighted by atomic mass is 10.1. The number of rotatable bonds is 2. The van der Waals surface area contributed by atoms with Crippen molar-refractivity contribution in [2.45, 2.75) is 12.2 Å². The van der Waals surface area contributed by atoms with Gasteiger partial charge in [0.25, 0.3) is 0 Å². The molecular weight excluding hydrogens is 247 g/mol. The van der Waals surface area contributed by atoms with Crippen molar-refractivity contribution in [3.8, 4) is 0 Å². The molecule has 7 heteroatoms. The second-order valence-corrected chi connectivity index (χ2v) is 3.46. The zero-order valence-electron chi connectivity index (χ0n) is 7.75. The minimum atomic E-state index is -4.52. The van der Waals surface area contributed by atoms with E-state index in [-0.39, 0.29) is 10.6 Å². The Balaban J connectivity index is 3.15. The van der Waals surface area contributed by atoms with E-state index in [0.29, 0.717) is 6.07 Å². The Morgan fingerprint density at radius 2 is 2.00 bits per heavy atom. The molecule has 0 saturated heterocycles. The zero-order valence-corrected chi connectivity index (χ0v) is 8.51. The summed E-state index contributed by atoms with van der Waals surface area (Å²) in [6.45, 7) is 0. The Labute approximate surface area is 93.6 Å². The number of hydrogen-bond donors (Lipinski definition) is 2. The van der Waals surface area contributed by atoms with Crippen molar-refractivity contribution < 1.29 is 23.1 Å². The first-order valence-corrected chi connectivity index (χ1v) is 4.46. The number of nitrogens with two attached hydrogens (primary N) is 1. The van der Waals surface area contributed by atoms with Gasteiger partial charge in [-0.3, -0.25) is 4.79 Å². The van der Waals surface area contributed by atoms with Crippen LogP contribution in [0.4, 0.5) is 13.2 Å². The van der Waals surface area contributed by atoms with Crippen LogP contribution in [0.1, 0.15) is 17.2 Å². The van der Waals surface area contributed by atoms with Gasteiger partial charge in [0, 0.05) is 5.02 Å². The normalized spacial score (nSPS) is 13.6. The SMILES string of the molecule is N[C@H](C(=O)O)c1ccc(C(F)(F)F)cc1Cl. The van der Waals surface area contributed by atoms with Crippen molar-refractivity contribution in [3.05, 3.63) is 34.3 Å². The van der Waals surface area contributed by atoms with Crippen LogP contribution in [0.3, 0.4) is 0 Å². The minimum absolute atomic E-state index is 0.0535. The minimum Gasteiger partial charge on any atom is -0.480 e. The molecule has 0 bridgehead atoms. The van der Waals surface area contributed by atoms with E-state index in [1.807, 2.05) is 0 Å². The van der Waals surface area contributed by atoms with Crippen LogP contribution in [-0.2, 0) is 11.0 Å². The van der Waals surface area contributed by atoms with Crippen molar-refractivity contribution in [1.29, 1.82) is 0 Å². The third kappa shape index (κ3) is 2.65. The molecule has 3 nitrogen and oxygen atoms in total. The van der Waals surface area contributed by atoms with Gasteiger partial charge in [-0.2, -0.15) is 13.2 Å². The lowest BCUT2D eigenvalue weighted by molar-refractivity contribution is -0.138. The number of halogens is 4. The number of carboxylic acids is 1. The molecule has 0 heterocycles. The summed E-state index contributed by atoms with van der Waals surface area (Å²) in [4.78, 5) is 10.5. The standard InChI is InChI=1S/C9H7ClF3NO2/c10-6-3-4(9(11,12)13)1-2-5(6)7(14)8(15)16/h1-3,7H,14H2,(H,15,16)/t7-/m0/s1. The van der Waals surface area contributed by atoms with E-state index in [1.54, 1.807) is 0 Å². The van der Waals surface area contributed by atoms with E-state index in [2.05, 4.69) is 0 Å². The predicted molar refractivity (Wildman–Crippen MR) is 51.0 cm³/mol. The van der Waals surface area contributed by atoms with Crippen LogP contribution < -0.4 is 5.73 Å². The van der Waals surface area contributed by atoms with Gasteiger partial charge in [0.1, 0.15) is 6.04 Å².